The lowest BCUT2D eigenvalue weighted by Crippen LogP contribution is -2.18. The van der Waals surface area contributed by atoms with Crippen molar-refractivity contribution in [1.82, 2.24) is 9.97 Å². The van der Waals surface area contributed by atoms with Crippen LogP contribution in [0.1, 0.15) is 5.56 Å². The first-order valence-corrected chi connectivity index (χ1v) is 12.0. The third-order valence-electron chi connectivity index (χ3n) is 4.96. The molecule has 0 fully saturated rings. The van der Waals surface area contributed by atoms with Crippen molar-refractivity contribution in [2.75, 3.05) is 23.8 Å². The number of nitrogens with zero attached hydrogens (tertiary/aromatic N) is 3. The summed E-state index contributed by atoms with van der Waals surface area (Å²) < 4.78 is 34.7. The van der Waals surface area contributed by atoms with Crippen LogP contribution in [0.3, 0.4) is 0 Å². The molecule has 1 heterocycles. The second kappa shape index (κ2) is 9.13. The summed E-state index contributed by atoms with van der Waals surface area (Å²) in [5, 5.41) is 1.45. The molecule has 32 heavy (non-hydrogen) atoms. The molecule has 4 aromatic rings. The average molecular weight is 513 g/mol. The summed E-state index contributed by atoms with van der Waals surface area (Å²) in [7, 11) is -0.560. The van der Waals surface area contributed by atoms with Crippen LogP contribution < -0.4 is 14.4 Å². The van der Waals surface area contributed by atoms with Crippen molar-refractivity contribution in [3.05, 3.63) is 83.1 Å². The maximum absolute atomic E-state index is 13.3. The van der Waals surface area contributed by atoms with Crippen LogP contribution in [0.2, 0.25) is 0 Å². The second-order valence-electron chi connectivity index (χ2n) is 7.13. The van der Waals surface area contributed by atoms with E-state index < -0.39 is 10.0 Å². The molecule has 1 N–H and O–H groups in total. The maximum atomic E-state index is 13.3. The Morgan fingerprint density at radius 3 is 2.47 bits per heavy atom. The molecule has 0 amide bonds. The number of anilines is 2. The molecule has 0 aliphatic carbocycles. The van der Waals surface area contributed by atoms with E-state index in [1.807, 2.05) is 43.4 Å². The molecular formula is C23H21BrN4O3S. The van der Waals surface area contributed by atoms with Gasteiger partial charge in [0.1, 0.15) is 4.60 Å². The van der Waals surface area contributed by atoms with Crippen molar-refractivity contribution in [1.29, 1.82) is 0 Å². The normalized spacial score (nSPS) is 11.3. The summed E-state index contributed by atoms with van der Waals surface area (Å²) in [5.74, 6) is 0.0940. The predicted octanol–water partition coefficient (Wildman–Crippen LogP) is 4.84. The van der Waals surface area contributed by atoms with Gasteiger partial charge in [-0.25, -0.2) is 18.4 Å². The van der Waals surface area contributed by atoms with Crippen LogP contribution >= 0.6 is 15.9 Å². The number of aromatic nitrogens is 2. The third-order valence-corrected chi connectivity index (χ3v) is 6.74. The number of sulfonamides is 1. The Hall–Kier alpha value is -3.17. The Balaban J connectivity index is 1.73. The summed E-state index contributed by atoms with van der Waals surface area (Å²) in [6.45, 7) is 0.695. The zero-order chi connectivity index (χ0) is 22.7. The lowest BCUT2D eigenvalue weighted by molar-refractivity contribution is 0.397. The quantitative estimate of drug-likeness (QED) is 0.381. The molecule has 9 heteroatoms. The van der Waals surface area contributed by atoms with Crippen LogP contribution in [0.15, 0.2) is 82.4 Å². The van der Waals surface area contributed by atoms with Crippen molar-refractivity contribution in [2.45, 2.75) is 11.4 Å². The Morgan fingerprint density at radius 1 is 1.00 bits per heavy atom. The average Bonchev–Trinajstić information content (AvgIpc) is 2.79. The number of hydrogen-bond acceptors (Lipinski definition) is 6. The Bertz CT molecular complexity index is 1360. The minimum absolute atomic E-state index is 0.0186. The lowest BCUT2D eigenvalue weighted by Gasteiger charge is -2.22. The monoisotopic (exact) mass is 512 g/mol. The molecule has 0 radical (unpaired) electrons. The molecule has 4 rings (SSSR count). The molecule has 1 aromatic heterocycles. The molecule has 7 nitrogen and oxygen atoms in total. The van der Waals surface area contributed by atoms with E-state index >= 15 is 0 Å². The van der Waals surface area contributed by atoms with Crippen molar-refractivity contribution < 1.29 is 13.2 Å². The van der Waals surface area contributed by atoms with Crippen LogP contribution in [0.5, 0.6) is 5.88 Å². The number of rotatable bonds is 7. The SMILES string of the molecule is COc1nc(Br)cnc1NS(=O)(=O)c1cccc2c(N(C)Cc3ccccc3)cccc12. The van der Waals surface area contributed by atoms with Gasteiger partial charge < -0.3 is 9.64 Å². The second-order valence-corrected chi connectivity index (χ2v) is 9.59. The van der Waals surface area contributed by atoms with Crippen LogP contribution in [0.25, 0.3) is 10.8 Å². The van der Waals surface area contributed by atoms with Crippen molar-refractivity contribution in [2.24, 2.45) is 0 Å². The van der Waals surface area contributed by atoms with E-state index in [1.165, 1.54) is 18.9 Å². The number of fused-ring (bicyclic) bond motifs is 1. The molecule has 0 saturated carbocycles. The van der Waals surface area contributed by atoms with Gasteiger partial charge in [-0.15, -0.1) is 0 Å². The van der Waals surface area contributed by atoms with E-state index in [1.54, 1.807) is 18.2 Å². The van der Waals surface area contributed by atoms with Gasteiger partial charge in [0.2, 0.25) is 5.82 Å². The smallest absolute Gasteiger partial charge is 0.263 e. The van der Waals surface area contributed by atoms with Gasteiger partial charge in [0.15, 0.2) is 0 Å². The summed E-state index contributed by atoms with van der Waals surface area (Å²) in [6.07, 6.45) is 1.40. The highest BCUT2D eigenvalue weighted by molar-refractivity contribution is 9.10. The molecule has 0 unspecified atom stereocenters. The predicted molar refractivity (Wildman–Crippen MR) is 130 cm³/mol. The van der Waals surface area contributed by atoms with Gasteiger partial charge in [0, 0.05) is 30.1 Å². The largest absolute Gasteiger partial charge is 0.478 e. The number of hydrogen-bond donors (Lipinski definition) is 1. The summed E-state index contributed by atoms with van der Waals surface area (Å²) in [5.41, 5.74) is 2.10. The summed E-state index contributed by atoms with van der Waals surface area (Å²) in [4.78, 5) is 10.5. The number of methoxy groups -OCH3 is 1. The van der Waals surface area contributed by atoms with Crippen LogP contribution in [-0.4, -0.2) is 32.5 Å². The third kappa shape index (κ3) is 4.53. The number of nitrogens with one attached hydrogen (secondary N) is 1. The molecule has 164 valence electrons. The highest BCUT2D eigenvalue weighted by atomic mass is 79.9. The Morgan fingerprint density at radius 2 is 1.72 bits per heavy atom. The minimum Gasteiger partial charge on any atom is -0.478 e. The fourth-order valence-corrected chi connectivity index (χ4v) is 5.01. The van der Waals surface area contributed by atoms with Gasteiger partial charge in [-0.1, -0.05) is 54.6 Å². The lowest BCUT2D eigenvalue weighted by atomic mass is 10.1. The Labute approximate surface area is 195 Å². The molecule has 0 aliphatic heterocycles. The number of halogens is 1. The van der Waals surface area contributed by atoms with E-state index in [4.69, 9.17) is 4.74 Å². The summed E-state index contributed by atoms with van der Waals surface area (Å²) in [6, 6.07) is 21.0. The molecule has 0 saturated heterocycles. The molecule has 3 aromatic carbocycles. The van der Waals surface area contributed by atoms with Crippen LogP contribution in [0.4, 0.5) is 11.5 Å². The fourth-order valence-electron chi connectivity index (χ4n) is 3.52. The van der Waals surface area contributed by atoms with Gasteiger partial charge in [-0.2, -0.15) is 0 Å². The maximum Gasteiger partial charge on any atom is 0.263 e. The van der Waals surface area contributed by atoms with Crippen molar-refractivity contribution >= 4 is 48.2 Å². The molecule has 0 atom stereocenters. The van der Waals surface area contributed by atoms with Gasteiger partial charge in [0.25, 0.3) is 15.9 Å². The highest BCUT2D eigenvalue weighted by Gasteiger charge is 2.22. The molecule has 0 aliphatic rings. The van der Waals surface area contributed by atoms with E-state index in [2.05, 4.69) is 47.7 Å². The highest BCUT2D eigenvalue weighted by Crippen LogP contribution is 2.33. The zero-order valence-corrected chi connectivity index (χ0v) is 19.9. The van der Waals surface area contributed by atoms with Crippen LogP contribution in [-0.2, 0) is 16.6 Å². The number of ether oxygens (including phenoxy) is 1. The molecule has 0 bridgehead atoms. The van der Waals surface area contributed by atoms with Gasteiger partial charge in [-0.3, -0.25) is 4.72 Å². The van der Waals surface area contributed by atoms with Crippen molar-refractivity contribution in [3.63, 3.8) is 0 Å². The molecule has 0 spiro atoms. The van der Waals surface area contributed by atoms with E-state index in [0.717, 1.165) is 11.1 Å². The first-order valence-electron chi connectivity index (χ1n) is 9.75. The van der Waals surface area contributed by atoms with Crippen LogP contribution in [0, 0.1) is 0 Å². The first kappa shape index (κ1) is 22.0. The van der Waals surface area contributed by atoms with Gasteiger partial charge >= 0.3 is 0 Å². The van der Waals surface area contributed by atoms with Gasteiger partial charge in [-0.05, 0) is 33.6 Å². The first-order chi connectivity index (χ1) is 15.4. The topological polar surface area (TPSA) is 84.4 Å². The minimum atomic E-state index is -3.95. The Kier molecular flexibility index (Phi) is 6.29. The fraction of sp³-hybridized carbons (Fsp3) is 0.130. The zero-order valence-electron chi connectivity index (χ0n) is 17.5. The van der Waals surface area contributed by atoms with E-state index in [0.29, 0.717) is 16.5 Å². The summed E-state index contributed by atoms with van der Waals surface area (Å²) >= 11 is 3.20. The van der Waals surface area contributed by atoms with Gasteiger partial charge in [0.05, 0.1) is 18.2 Å². The van der Waals surface area contributed by atoms with E-state index in [-0.39, 0.29) is 16.6 Å². The van der Waals surface area contributed by atoms with E-state index in [9.17, 15) is 8.42 Å². The van der Waals surface area contributed by atoms with Crippen molar-refractivity contribution in [3.8, 4) is 5.88 Å². The molecular weight excluding hydrogens is 492 g/mol. The number of benzene rings is 3. The standard InChI is InChI=1S/C23H21BrN4O3S/c1-28(15-16-8-4-3-5-9-16)19-12-6-11-18-17(19)10-7-13-20(18)32(29,30)27-22-23(31-2)26-21(24)14-25-22/h3-14H,15H2,1-2H3,(H,25,27).